The first-order valence-corrected chi connectivity index (χ1v) is 9.67. The Kier molecular flexibility index (Phi) is 4.53. The number of nitrogens with one attached hydrogen (secondary N) is 2. The minimum atomic E-state index is -3.00. The number of thiazole rings is 1. The monoisotopic (exact) mass is 353 g/mol. The fourth-order valence-electron chi connectivity index (χ4n) is 2.23. The second-order valence-corrected chi connectivity index (χ2v) is 8.25. The summed E-state index contributed by atoms with van der Waals surface area (Å²) in [4.78, 5) is 24.3. The number of urea groups is 1. The number of carbonyl (C=O) groups excluding carboxylic acids is 1. The van der Waals surface area contributed by atoms with Gasteiger partial charge in [-0.05, 0) is 6.42 Å². The molecule has 3 heterocycles. The van der Waals surface area contributed by atoms with Crippen molar-refractivity contribution in [1.29, 1.82) is 0 Å². The van der Waals surface area contributed by atoms with Crippen LogP contribution in [-0.4, -0.2) is 46.9 Å². The number of carbonyl (C=O) groups is 1. The van der Waals surface area contributed by atoms with E-state index in [1.165, 1.54) is 11.3 Å². The van der Waals surface area contributed by atoms with Crippen molar-refractivity contribution < 1.29 is 13.2 Å². The third kappa shape index (κ3) is 4.23. The average molecular weight is 353 g/mol. The first-order chi connectivity index (χ1) is 11.0. The van der Waals surface area contributed by atoms with Gasteiger partial charge in [0.15, 0.2) is 9.84 Å². The molecule has 1 unspecified atom stereocenters. The van der Waals surface area contributed by atoms with Crippen molar-refractivity contribution in [3.8, 4) is 10.7 Å². The van der Waals surface area contributed by atoms with Gasteiger partial charge in [-0.2, -0.15) is 0 Å². The highest BCUT2D eigenvalue weighted by Crippen LogP contribution is 2.20. The molecule has 0 aromatic carbocycles. The molecule has 1 saturated heterocycles. The highest BCUT2D eigenvalue weighted by atomic mass is 32.2. The van der Waals surface area contributed by atoms with Gasteiger partial charge < -0.3 is 10.6 Å². The second-order valence-electron chi connectivity index (χ2n) is 5.16. The lowest BCUT2D eigenvalue weighted by molar-refractivity contribution is 0.237. The topological polar surface area (TPSA) is 114 Å². The van der Waals surface area contributed by atoms with Crippen molar-refractivity contribution >= 4 is 27.2 Å². The summed E-state index contributed by atoms with van der Waals surface area (Å²) in [5.74, 6) is 0.138. The summed E-state index contributed by atoms with van der Waals surface area (Å²) in [5, 5.41) is 7.92. The van der Waals surface area contributed by atoms with Gasteiger partial charge in [-0.3, -0.25) is 9.97 Å². The Morgan fingerprint density at radius 2 is 2.26 bits per heavy atom. The molecule has 0 bridgehead atoms. The molecule has 122 valence electrons. The van der Waals surface area contributed by atoms with Gasteiger partial charge in [-0.15, -0.1) is 11.3 Å². The fraction of sp³-hybridized carbons (Fsp3) is 0.385. The highest BCUT2D eigenvalue weighted by Gasteiger charge is 2.28. The van der Waals surface area contributed by atoms with Crippen molar-refractivity contribution in [3.05, 3.63) is 29.7 Å². The normalized spacial score (nSPS) is 19.4. The van der Waals surface area contributed by atoms with Crippen LogP contribution in [0.25, 0.3) is 10.7 Å². The van der Waals surface area contributed by atoms with E-state index in [4.69, 9.17) is 0 Å². The van der Waals surface area contributed by atoms with Crippen LogP contribution in [0, 0.1) is 0 Å². The Labute approximate surface area is 137 Å². The standard InChI is InChI=1S/C13H15N5O3S2/c19-13(18-9-1-4-23(20,21)8-9)16-5-10-7-22-12(17-10)11-6-14-2-3-15-11/h2-3,6-7,9H,1,4-5,8H2,(H2,16,18,19). The van der Waals surface area contributed by atoms with Crippen LogP contribution in [0.1, 0.15) is 12.1 Å². The number of hydrogen-bond acceptors (Lipinski definition) is 7. The molecule has 2 N–H and O–H groups in total. The van der Waals surface area contributed by atoms with E-state index < -0.39 is 9.84 Å². The summed E-state index contributed by atoms with van der Waals surface area (Å²) in [5.41, 5.74) is 1.40. The molecule has 1 fully saturated rings. The van der Waals surface area contributed by atoms with Gasteiger partial charge in [0.1, 0.15) is 10.7 Å². The van der Waals surface area contributed by atoms with E-state index in [-0.39, 0.29) is 30.1 Å². The van der Waals surface area contributed by atoms with E-state index in [0.717, 1.165) is 5.01 Å². The Hall–Kier alpha value is -2.07. The Morgan fingerprint density at radius 3 is 2.96 bits per heavy atom. The van der Waals surface area contributed by atoms with E-state index in [9.17, 15) is 13.2 Å². The molecule has 3 rings (SSSR count). The molecule has 10 heteroatoms. The molecule has 23 heavy (non-hydrogen) atoms. The molecule has 1 aliphatic rings. The van der Waals surface area contributed by atoms with Crippen molar-refractivity contribution in [2.75, 3.05) is 11.5 Å². The summed E-state index contributed by atoms with van der Waals surface area (Å²) in [6, 6.07) is -0.702. The largest absolute Gasteiger partial charge is 0.334 e. The first kappa shape index (κ1) is 15.8. The van der Waals surface area contributed by atoms with Gasteiger partial charge in [0.2, 0.25) is 0 Å². The minimum absolute atomic E-state index is 0.00788. The smallest absolute Gasteiger partial charge is 0.315 e. The van der Waals surface area contributed by atoms with Crippen molar-refractivity contribution in [2.45, 2.75) is 19.0 Å². The van der Waals surface area contributed by atoms with Crippen LogP contribution in [0.5, 0.6) is 0 Å². The van der Waals surface area contributed by atoms with Gasteiger partial charge >= 0.3 is 6.03 Å². The predicted molar refractivity (Wildman–Crippen MR) is 85.6 cm³/mol. The van der Waals surface area contributed by atoms with Gasteiger partial charge in [-0.25, -0.2) is 18.2 Å². The quantitative estimate of drug-likeness (QED) is 0.831. The van der Waals surface area contributed by atoms with Crippen molar-refractivity contribution in [2.24, 2.45) is 0 Å². The molecule has 1 atom stereocenters. The Balaban J connectivity index is 1.51. The lowest BCUT2D eigenvalue weighted by Crippen LogP contribution is -2.42. The maximum Gasteiger partial charge on any atom is 0.315 e. The highest BCUT2D eigenvalue weighted by molar-refractivity contribution is 7.91. The summed E-state index contributed by atoms with van der Waals surface area (Å²) in [6.45, 7) is 0.266. The van der Waals surface area contributed by atoms with Gasteiger partial charge in [0.05, 0.1) is 29.9 Å². The minimum Gasteiger partial charge on any atom is -0.334 e. The molecule has 0 radical (unpaired) electrons. The SMILES string of the molecule is O=C(NCc1csc(-c2cnccn2)n1)NC1CCS(=O)(=O)C1. The number of nitrogens with zero attached hydrogens (tertiary/aromatic N) is 3. The summed E-state index contributed by atoms with van der Waals surface area (Å²) >= 11 is 1.42. The molecular weight excluding hydrogens is 338 g/mol. The van der Waals surface area contributed by atoms with E-state index in [1.807, 2.05) is 5.38 Å². The third-order valence-corrected chi connectivity index (χ3v) is 6.01. The molecule has 0 spiro atoms. The molecule has 0 aliphatic carbocycles. The fourth-order valence-corrected chi connectivity index (χ4v) is 4.68. The van der Waals surface area contributed by atoms with E-state index in [2.05, 4.69) is 25.6 Å². The summed E-state index contributed by atoms with van der Waals surface area (Å²) in [7, 11) is -3.00. The molecule has 2 aromatic rings. The molecule has 2 aromatic heterocycles. The molecular formula is C13H15N5O3S2. The van der Waals surface area contributed by atoms with Gasteiger partial charge in [0.25, 0.3) is 0 Å². The zero-order valence-corrected chi connectivity index (χ0v) is 13.7. The zero-order valence-electron chi connectivity index (χ0n) is 12.1. The maximum absolute atomic E-state index is 11.8. The van der Waals surface area contributed by atoms with Crippen molar-refractivity contribution in [3.63, 3.8) is 0 Å². The van der Waals surface area contributed by atoms with Crippen LogP contribution in [-0.2, 0) is 16.4 Å². The Bertz CT molecular complexity index is 791. The second kappa shape index (κ2) is 6.59. The average Bonchev–Trinajstić information content (AvgIpc) is 3.13. The molecule has 0 saturated carbocycles. The Morgan fingerprint density at radius 1 is 1.39 bits per heavy atom. The number of amides is 2. The lowest BCUT2D eigenvalue weighted by atomic mass is 10.3. The number of rotatable bonds is 4. The number of hydrogen-bond donors (Lipinski definition) is 2. The lowest BCUT2D eigenvalue weighted by Gasteiger charge is -2.11. The molecule has 1 aliphatic heterocycles. The molecule has 8 nitrogen and oxygen atoms in total. The van der Waals surface area contributed by atoms with Crippen LogP contribution >= 0.6 is 11.3 Å². The van der Waals surface area contributed by atoms with E-state index >= 15 is 0 Å². The van der Waals surface area contributed by atoms with Gasteiger partial charge in [0, 0.05) is 23.8 Å². The summed E-state index contributed by atoms with van der Waals surface area (Å²) < 4.78 is 22.7. The first-order valence-electron chi connectivity index (χ1n) is 6.97. The number of sulfone groups is 1. The van der Waals surface area contributed by atoms with Crippen LogP contribution in [0.4, 0.5) is 4.79 Å². The summed E-state index contributed by atoms with van der Waals surface area (Å²) in [6.07, 6.45) is 5.28. The predicted octanol–water partition coefficient (Wildman–Crippen LogP) is 0.586. The van der Waals surface area contributed by atoms with Crippen LogP contribution in [0.15, 0.2) is 24.0 Å². The zero-order chi connectivity index (χ0) is 16.3. The van der Waals surface area contributed by atoms with Crippen LogP contribution in [0.2, 0.25) is 0 Å². The van der Waals surface area contributed by atoms with Gasteiger partial charge in [-0.1, -0.05) is 0 Å². The maximum atomic E-state index is 11.8. The van der Waals surface area contributed by atoms with E-state index in [1.54, 1.807) is 18.6 Å². The van der Waals surface area contributed by atoms with Crippen LogP contribution < -0.4 is 10.6 Å². The van der Waals surface area contributed by atoms with Crippen LogP contribution in [0.3, 0.4) is 0 Å². The third-order valence-electron chi connectivity index (χ3n) is 3.33. The molecule has 2 amide bonds. The van der Waals surface area contributed by atoms with E-state index in [0.29, 0.717) is 17.8 Å². The van der Waals surface area contributed by atoms with Crippen molar-refractivity contribution in [1.82, 2.24) is 25.6 Å². The number of aromatic nitrogens is 3.